The van der Waals surface area contributed by atoms with Crippen molar-refractivity contribution < 1.29 is 13.5 Å². The molecule has 0 spiro atoms. The predicted molar refractivity (Wildman–Crippen MR) is 139 cm³/mol. The molecule has 200 valence electrons. The van der Waals surface area contributed by atoms with E-state index in [0.29, 0.717) is 47.0 Å². The van der Waals surface area contributed by atoms with Gasteiger partial charge in [-0.15, -0.1) is 0 Å². The Hall–Kier alpha value is -3.38. The van der Waals surface area contributed by atoms with Gasteiger partial charge in [-0.1, -0.05) is 6.42 Å². The zero-order chi connectivity index (χ0) is 26.4. The van der Waals surface area contributed by atoms with E-state index in [1.807, 2.05) is 7.05 Å². The number of rotatable bonds is 7. The maximum Gasteiger partial charge on any atom is 0.282 e. The number of aliphatic hydroxyl groups is 1. The topological polar surface area (TPSA) is 167 Å². The largest absolute Gasteiger partial charge is 0.390 e. The molecule has 3 aromatic rings. The molecule has 0 aliphatic carbocycles. The van der Waals surface area contributed by atoms with Crippen LogP contribution in [0.2, 0.25) is 0 Å². The Morgan fingerprint density at radius 1 is 1.18 bits per heavy atom. The fourth-order valence-corrected chi connectivity index (χ4v) is 8.06. The van der Waals surface area contributed by atoms with E-state index in [9.17, 15) is 13.5 Å². The Labute approximate surface area is 220 Å². The zero-order valence-electron chi connectivity index (χ0n) is 21.0. The number of aromatic nitrogens is 5. The maximum atomic E-state index is 13.5. The van der Waals surface area contributed by atoms with Gasteiger partial charge < -0.3 is 15.3 Å². The fourth-order valence-electron chi connectivity index (χ4n) is 5.92. The van der Waals surface area contributed by atoms with Crippen molar-refractivity contribution in [1.82, 2.24) is 33.8 Å². The summed E-state index contributed by atoms with van der Waals surface area (Å²) < 4.78 is 30.1. The summed E-state index contributed by atoms with van der Waals surface area (Å²) in [6.07, 6.45) is 7.28. The van der Waals surface area contributed by atoms with Crippen molar-refractivity contribution in [2.45, 2.75) is 56.8 Å². The first-order chi connectivity index (χ1) is 18.4. The lowest BCUT2D eigenvalue weighted by Gasteiger charge is -2.52. The molecule has 3 fully saturated rings. The van der Waals surface area contributed by atoms with Gasteiger partial charge in [0.25, 0.3) is 10.2 Å². The van der Waals surface area contributed by atoms with E-state index in [-0.39, 0.29) is 43.7 Å². The van der Waals surface area contributed by atoms with Gasteiger partial charge >= 0.3 is 0 Å². The molecule has 2 bridgehead atoms. The third-order valence-electron chi connectivity index (χ3n) is 7.88. The van der Waals surface area contributed by atoms with Crippen LogP contribution in [0.1, 0.15) is 37.8 Å². The molecule has 1 unspecified atom stereocenters. The second kappa shape index (κ2) is 9.73. The number of aliphatic hydroxyl groups excluding tert-OH is 1. The van der Waals surface area contributed by atoms with Crippen LogP contribution in [0, 0.1) is 17.2 Å². The van der Waals surface area contributed by atoms with Crippen LogP contribution in [0.15, 0.2) is 24.5 Å². The van der Waals surface area contributed by atoms with Gasteiger partial charge in [-0.25, -0.2) is 9.97 Å². The molecular formula is C24H30N10O3S. The molecule has 0 amide bonds. The van der Waals surface area contributed by atoms with Crippen LogP contribution < -0.4 is 10.2 Å². The first-order valence-corrected chi connectivity index (χ1v) is 14.2. The molecule has 13 nitrogen and oxygen atoms in total. The summed E-state index contributed by atoms with van der Waals surface area (Å²) in [5, 5.41) is 28.5. The number of fused-ring (bicyclic) bond motifs is 3. The molecule has 6 rings (SSSR count). The highest BCUT2D eigenvalue weighted by atomic mass is 32.2. The van der Waals surface area contributed by atoms with Gasteiger partial charge in [-0.05, 0) is 25.7 Å². The van der Waals surface area contributed by atoms with Crippen LogP contribution in [0.3, 0.4) is 0 Å². The van der Waals surface area contributed by atoms with Gasteiger partial charge in [-0.2, -0.15) is 27.4 Å². The van der Waals surface area contributed by atoms with Gasteiger partial charge in [0.2, 0.25) is 0 Å². The molecule has 3 aromatic heterocycles. The zero-order valence-corrected chi connectivity index (χ0v) is 21.8. The fraction of sp³-hybridized carbons (Fsp3) is 0.542. The number of aromatic amines is 1. The molecule has 38 heavy (non-hydrogen) atoms. The lowest BCUT2D eigenvalue weighted by molar-refractivity contribution is 0.0932. The summed E-state index contributed by atoms with van der Waals surface area (Å²) in [5.74, 6) is 1.51. The average molecular weight is 539 g/mol. The van der Waals surface area contributed by atoms with E-state index in [1.54, 1.807) is 28.8 Å². The lowest BCUT2D eigenvalue weighted by atomic mass is 9.83. The molecule has 3 aliphatic heterocycles. The predicted octanol–water partition coefficient (Wildman–Crippen LogP) is 1.51. The monoisotopic (exact) mass is 538 g/mol. The van der Waals surface area contributed by atoms with E-state index in [4.69, 9.17) is 10.2 Å². The molecule has 0 radical (unpaired) electrons. The molecule has 6 heterocycles. The smallest absolute Gasteiger partial charge is 0.282 e. The number of piperidine rings is 2. The summed E-state index contributed by atoms with van der Waals surface area (Å²) in [5.41, 5.74) is 1.93. The minimum atomic E-state index is -3.60. The van der Waals surface area contributed by atoms with Gasteiger partial charge in [0, 0.05) is 62.8 Å². The Bertz CT molecular complexity index is 1470. The average Bonchev–Trinajstić information content (AvgIpc) is 3.33. The highest BCUT2D eigenvalue weighted by Crippen LogP contribution is 2.41. The van der Waals surface area contributed by atoms with Gasteiger partial charge in [0.1, 0.15) is 11.3 Å². The van der Waals surface area contributed by atoms with Gasteiger partial charge in [0.15, 0.2) is 11.6 Å². The van der Waals surface area contributed by atoms with Gasteiger partial charge in [0.05, 0.1) is 29.8 Å². The molecule has 3 saturated heterocycles. The van der Waals surface area contributed by atoms with Crippen molar-refractivity contribution in [1.29, 1.82) is 5.26 Å². The maximum absolute atomic E-state index is 13.5. The van der Waals surface area contributed by atoms with E-state index in [1.165, 1.54) is 4.31 Å². The van der Waals surface area contributed by atoms with Crippen molar-refractivity contribution in [3.63, 3.8) is 0 Å². The highest BCUT2D eigenvalue weighted by Gasteiger charge is 2.50. The molecule has 0 saturated carbocycles. The number of nitrogens with zero attached hydrogens (tertiary/aromatic N) is 8. The highest BCUT2D eigenvalue weighted by molar-refractivity contribution is 7.86. The Morgan fingerprint density at radius 2 is 1.92 bits per heavy atom. The number of hydrogen-bond donors (Lipinski definition) is 3. The number of nitrogens with one attached hydrogen (secondary N) is 2. The van der Waals surface area contributed by atoms with Crippen molar-refractivity contribution in [3.8, 4) is 6.07 Å². The number of pyridine rings is 1. The van der Waals surface area contributed by atoms with Crippen LogP contribution in [0.25, 0.3) is 11.0 Å². The summed E-state index contributed by atoms with van der Waals surface area (Å²) in [6.45, 7) is 0.414. The van der Waals surface area contributed by atoms with Crippen LogP contribution in [0.5, 0.6) is 0 Å². The third-order valence-corrected chi connectivity index (χ3v) is 9.96. The second-order valence-electron chi connectivity index (χ2n) is 10.3. The minimum Gasteiger partial charge on any atom is -0.390 e. The Balaban J connectivity index is 1.27. The summed E-state index contributed by atoms with van der Waals surface area (Å²) in [4.78, 5) is 16.0. The lowest BCUT2D eigenvalue weighted by Crippen LogP contribution is -2.64. The second-order valence-corrected chi connectivity index (χ2v) is 12.1. The molecule has 0 aromatic carbocycles. The SMILES string of the molecule is CN(c1nc(Nc2cc(CO)[nH]n2)cc2nccnc12)C1C[C@H]2CCC[C@@H](C1)N2S(=O)(=O)N1CC(C#N)C1. The van der Waals surface area contributed by atoms with E-state index < -0.39 is 10.2 Å². The standard InChI is InChI=1S/C24H30N10O3S/c1-32(19-8-17-3-2-4-18(9-19)34(17)38(36,37)33-12-15(11-25)13-33)24-23-20(26-5-6-27-23)10-21(29-24)28-22-7-16(14-35)30-31-22/h5-7,10,15,17-19,35H,2-4,8-9,12-14H2,1H3,(H2,28,29,30,31)/t17-,18+,19?. The normalized spacial score (nSPS) is 24.6. The van der Waals surface area contributed by atoms with Crippen LogP contribution in [0.4, 0.5) is 17.5 Å². The third kappa shape index (κ3) is 4.35. The van der Waals surface area contributed by atoms with Crippen molar-refractivity contribution >= 4 is 38.7 Å². The number of anilines is 3. The first kappa shape index (κ1) is 24.9. The summed E-state index contributed by atoms with van der Waals surface area (Å²) in [7, 11) is -1.61. The molecule has 3 N–H and O–H groups in total. The number of nitriles is 1. The van der Waals surface area contributed by atoms with E-state index >= 15 is 0 Å². The van der Waals surface area contributed by atoms with Crippen LogP contribution >= 0.6 is 0 Å². The molecule has 14 heteroatoms. The molecular weight excluding hydrogens is 508 g/mol. The summed E-state index contributed by atoms with van der Waals surface area (Å²) >= 11 is 0. The Kier molecular flexibility index (Phi) is 6.39. The van der Waals surface area contributed by atoms with Gasteiger partial charge in [-0.3, -0.25) is 10.1 Å². The van der Waals surface area contributed by atoms with Crippen molar-refractivity contribution in [2.24, 2.45) is 5.92 Å². The first-order valence-electron chi connectivity index (χ1n) is 12.8. The summed E-state index contributed by atoms with van der Waals surface area (Å²) in [6, 6.07) is 5.55. The van der Waals surface area contributed by atoms with E-state index in [0.717, 1.165) is 19.3 Å². The van der Waals surface area contributed by atoms with Crippen LogP contribution in [-0.2, 0) is 16.8 Å². The molecule has 3 atom stereocenters. The Morgan fingerprint density at radius 3 is 2.61 bits per heavy atom. The van der Waals surface area contributed by atoms with E-state index in [2.05, 4.69) is 36.5 Å². The number of H-pyrrole nitrogens is 1. The van der Waals surface area contributed by atoms with Crippen molar-refractivity contribution in [2.75, 3.05) is 30.4 Å². The van der Waals surface area contributed by atoms with Crippen LogP contribution in [-0.4, -0.2) is 85.5 Å². The number of hydrogen-bond acceptors (Lipinski definition) is 10. The molecule has 3 aliphatic rings. The quantitative estimate of drug-likeness (QED) is 0.401. The van der Waals surface area contributed by atoms with Crippen molar-refractivity contribution in [3.05, 3.63) is 30.2 Å². The minimum absolute atomic E-state index is 0.0688.